The maximum absolute atomic E-state index is 13.4. The van der Waals surface area contributed by atoms with E-state index < -0.39 is 11.7 Å². The lowest BCUT2D eigenvalue weighted by molar-refractivity contribution is -0.137. The molecule has 5 nitrogen and oxygen atoms in total. The first-order valence-electron chi connectivity index (χ1n) is 14.8. The van der Waals surface area contributed by atoms with Gasteiger partial charge in [0.05, 0.1) is 23.8 Å². The van der Waals surface area contributed by atoms with Gasteiger partial charge in [0.1, 0.15) is 5.82 Å². The summed E-state index contributed by atoms with van der Waals surface area (Å²) in [4.78, 5) is 7.23. The van der Waals surface area contributed by atoms with Gasteiger partial charge in [0.25, 0.3) is 0 Å². The summed E-state index contributed by atoms with van der Waals surface area (Å²) in [5, 5.41) is 7.20. The number of aromatic nitrogens is 1. The monoisotopic (exact) mass is 586 g/mol. The highest BCUT2D eigenvalue weighted by atomic mass is 19.4. The highest BCUT2D eigenvalue weighted by molar-refractivity contribution is 5.86. The number of benzene rings is 3. The number of aryl methyl sites for hydroxylation is 1. The first-order chi connectivity index (χ1) is 20.6. The minimum atomic E-state index is -4.43. The van der Waals surface area contributed by atoms with Gasteiger partial charge in [-0.1, -0.05) is 43.8 Å². The van der Waals surface area contributed by atoms with Gasteiger partial charge in [-0.2, -0.15) is 13.2 Å². The van der Waals surface area contributed by atoms with Gasteiger partial charge in [-0.25, -0.2) is 0 Å². The van der Waals surface area contributed by atoms with E-state index >= 15 is 0 Å². The van der Waals surface area contributed by atoms with Crippen LogP contribution in [0.25, 0.3) is 10.9 Å². The minimum Gasteiger partial charge on any atom is -0.367 e. The summed E-state index contributed by atoms with van der Waals surface area (Å²) in [6, 6.07) is 22.3. The number of rotatable bonds is 9. The molecule has 4 unspecified atom stereocenters. The molecule has 7 rings (SSSR count). The average molecular weight is 587 g/mol. The molecule has 3 aromatic carbocycles. The summed E-state index contributed by atoms with van der Waals surface area (Å²) in [7, 11) is 0. The second kappa shape index (κ2) is 12.0. The zero-order chi connectivity index (χ0) is 30.1. The average Bonchev–Trinajstić information content (AvgIpc) is 2.97. The molecular weight excluding hydrogens is 549 g/mol. The largest absolute Gasteiger partial charge is 0.416 e. The van der Waals surface area contributed by atoms with Crippen molar-refractivity contribution < 1.29 is 17.9 Å². The SMILES string of the molecule is C=C(Nc1cc(C)cc(C(F)(F)F)c1)Nc1ccc2nccc([C@@H](OCc3ccccc3)C3CC4CCN3CC4C)c2c1. The second-order valence-electron chi connectivity index (χ2n) is 12.0. The number of hydrogen-bond acceptors (Lipinski definition) is 5. The van der Waals surface area contributed by atoms with Crippen molar-refractivity contribution in [3.8, 4) is 0 Å². The van der Waals surface area contributed by atoms with E-state index in [1.165, 1.54) is 6.42 Å². The van der Waals surface area contributed by atoms with Crippen LogP contribution in [0.15, 0.2) is 91.4 Å². The topological polar surface area (TPSA) is 49.4 Å². The third-order valence-corrected chi connectivity index (χ3v) is 8.83. The maximum Gasteiger partial charge on any atom is 0.416 e. The molecule has 4 aromatic rings. The van der Waals surface area contributed by atoms with Gasteiger partial charge in [-0.3, -0.25) is 9.88 Å². The number of nitrogens with zero attached hydrogens (tertiary/aromatic N) is 2. The van der Waals surface area contributed by atoms with Crippen LogP contribution in [0.1, 0.15) is 48.1 Å². The fraction of sp³-hybridized carbons (Fsp3) is 0.343. The number of hydrogen-bond donors (Lipinski definition) is 2. The molecule has 3 aliphatic heterocycles. The highest BCUT2D eigenvalue weighted by Gasteiger charge is 2.42. The van der Waals surface area contributed by atoms with Gasteiger partial charge < -0.3 is 15.4 Å². The third kappa shape index (κ3) is 6.55. The normalized spacial score (nSPS) is 22.3. The van der Waals surface area contributed by atoms with E-state index in [4.69, 9.17) is 4.74 Å². The van der Waals surface area contributed by atoms with Crippen molar-refractivity contribution >= 4 is 22.3 Å². The molecule has 3 saturated heterocycles. The predicted octanol–water partition coefficient (Wildman–Crippen LogP) is 8.55. The van der Waals surface area contributed by atoms with Gasteiger partial charge in [-0.05, 0) is 97.3 Å². The van der Waals surface area contributed by atoms with Crippen LogP contribution in [0.5, 0.6) is 0 Å². The van der Waals surface area contributed by atoms with Crippen molar-refractivity contribution in [3.05, 3.63) is 114 Å². The number of pyridine rings is 1. The Labute approximate surface area is 250 Å². The molecule has 2 N–H and O–H groups in total. The zero-order valence-electron chi connectivity index (χ0n) is 24.5. The predicted molar refractivity (Wildman–Crippen MR) is 166 cm³/mol. The van der Waals surface area contributed by atoms with Crippen molar-refractivity contribution in [1.82, 2.24) is 9.88 Å². The first kappa shape index (κ1) is 29.2. The number of anilines is 2. The zero-order valence-corrected chi connectivity index (χ0v) is 24.5. The Morgan fingerprint density at radius 3 is 2.56 bits per heavy atom. The molecule has 224 valence electrons. The van der Waals surface area contributed by atoms with Crippen LogP contribution in [0.3, 0.4) is 0 Å². The lowest BCUT2D eigenvalue weighted by Crippen LogP contribution is -2.55. The third-order valence-electron chi connectivity index (χ3n) is 8.83. The van der Waals surface area contributed by atoms with Crippen molar-refractivity contribution in [1.29, 1.82) is 0 Å². The smallest absolute Gasteiger partial charge is 0.367 e. The summed E-state index contributed by atoms with van der Waals surface area (Å²) < 4.78 is 46.8. The van der Waals surface area contributed by atoms with Crippen LogP contribution in [-0.2, 0) is 17.5 Å². The van der Waals surface area contributed by atoms with Crippen LogP contribution in [0, 0.1) is 18.8 Å². The van der Waals surface area contributed by atoms with Crippen molar-refractivity contribution in [2.45, 2.75) is 51.6 Å². The molecule has 5 atom stereocenters. The van der Waals surface area contributed by atoms with Gasteiger partial charge in [-0.15, -0.1) is 0 Å². The Morgan fingerprint density at radius 2 is 1.84 bits per heavy atom. The number of fused-ring (bicyclic) bond motifs is 4. The Hall–Kier alpha value is -3.88. The molecule has 4 heterocycles. The molecule has 0 radical (unpaired) electrons. The molecule has 8 heteroatoms. The number of ether oxygens (including phenoxy) is 1. The van der Waals surface area contributed by atoms with Crippen LogP contribution in [0.4, 0.5) is 24.5 Å². The van der Waals surface area contributed by atoms with E-state index in [1.54, 1.807) is 13.0 Å². The van der Waals surface area contributed by atoms with Gasteiger partial charge in [0.15, 0.2) is 0 Å². The number of piperidine rings is 3. The van der Waals surface area contributed by atoms with Crippen LogP contribution in [-0.4, -0.2) is 29.0 Å². The minimum absolute atomic E-state index is 0.148. The van der Waals surface area contributed by atoms with Gasteiger partial charge in [0, 0.05) is 35.5 Å². The molecule has 2 bridgehead atoms. The van der Waals surface area contributed by atoms with Gasteiger partial charge >= 0.3 is 6.18 Å². The molecular formula is C35H37F3N4O. The number of nitrogens with one attached hydrogen (secondary N) is 2. The molecule has 1 aromatic heterocycles. The standard InChI is InChI=1S/C35H37F3N4O/c1-22-15-27(35(36,37)38)18-29(16-22)41-24(3)40-28-9-10-32-31(19-28)30(11-13-39-32)34(43-21-25-7-5-4-6-8-25)33-17-26-12-14-42(33)20-23(26)2/h4-11,13,15-16,18-19,23,26,33-34,40-41H,3,12,14,17,20-21H2,1-2H3/t23?,26?,33?,34-/m1/s1. The van der Waals surface area contributed by atoms with Crippen molar-refractivity contribution in [2.24, 2.45) is 11.8 Å². The van der Waals surface area contributed by atoms with E-state index in [9.17, 15) is 13.2 Å². The Morgan fingerprint density at radius 1 is 1.05 bits per heavy atom. The molecule has 43 heavy (non-hydrogen) atoms. The molecule has 3 fully saturated rings. The fourth-order valence-electron chi connectivity index (χ4n) is 6.71. The Kier molecular flexibility index (Phi) is 8.16. The van der Waals surface area contributed by atoms with E-state index in [-0.39, 0.29) is 12.1 Å². The highest BCUT2D eigenvalue weighted by Crippen LogP contribution is 2.43. The van der Waals surface area contributed by atoms with E-state index in [0.29, 0.717) is 35.5 Å². The van der Waals surface area contributed by atoms with Crippen molar-refractivity contribution in [2.75, 3.05) is 23.7 Å². The maximum atomic E-state index is 13.4. The van der Waals surface area contributed by atoms with E-state index in [0.717, 1.165) is 59.4 Å². The van der Waals surface area contributed by atoms with E-state index in [1.807, 2.05) is 42.6 Å². The quantitative estimate of drug-likeness (QED) is 0.206. The van der Waals surface area contributed by atoms with Crippen LogP contribution >= 0.6 is 0 Å². The lowest BCUT2D eigenvalue weighted by atomic mass is 9.74. The molecule has 0 amide bonds. The molecule has 3 aliphatic rings. The first-order valence-corrected chi connectivity index (χ1v) is 14.8. The summed E-state index contributed by atoms with van der Waals surface area (Å²) in [5.74, 6) is 1.74. The Balaban J connectivity index is 1.28. The number of halogens is 3. The summed E-state index contributed by atoms with van der Waals surface area (Å²) in [6.07, 6.45) is -0.400. The fourth-order valence-corrected chi connectivity index (χ4v) is 6.71. The van der Waals surface area contributed by atoms with Crippen molar-refractivity contribution in [3.63, 3.8) is 0 Å². The summed E-state index contributed by atoms with van der Waals surface area (Å²) in [6.45, 7) is 10.7. The van der Waals surface area contributed by atoms with Crippen LogP contribution < -0.4 is 10.6 Å². The van der Waals surface area contributed by atoms with Gasteiger partial charge in [0.2, 0.25) is 0 Å². The molecule has 0 spiro atoms. The summed E-state index contributed by atoms with van der Waals surface area (Å²) in [5.41, 5.74) is 3.95. The lowest BCUT2D eigenvalue weighted by Gasteiger charge is -2.51. The van der Waals surface area contributed by atoms with Crippen LogP contribution in [0.2, 0.25) is 0 Å². The Bertz CT molecular complexity index is 1610. The molecule has 0 saturated carbocycles. The number of alkyl halides is 3. The molecule has 0 aliphatic carbocycles. The second-order valence-corrected chi connectivity index (χ2v) is 12.0. The summed E-state index contributed by atoms with van der Waals surface area (Å²) >= 11 is 0. The van der Waals surface area contributed by atoms with E-state index in [2.05, 4.69) is 52.2 Å².